The largest absolute Gasteiger partial charge is 0.381 e. The summed E-state index contributed by atoms with van der Waals surface area (Å²) in [5.41, 5.74) is 2.36. The van der Waals surface area contributed by atoms with Gasteiger partial charge in [0.15, 0.2) is 0 Å². The van der Waals surface area contributed by atoms with Gasteiger partial charge in [0.25, 0.3) is 0 Å². The van der Waals surface area contributed by atoms with Crippen molar-refractivity contribution in [3.8, 4) is 0 Å². The van der Waals surface area contributed by atoms with Gasteiger partial charge in [-0.2, -0.15) is 0 Å². The monoisotopic (exact) mass is 324 g/mol. The fourth-order valence-corrected chi connectivity index (χ4v) is 3.39. The molecule has 1 aromatic rings. The van der Waals surface area contributed by atoms with Gasteiger partial charge in [-0.15, -0.1) is 0 Å². The van der Waals surface area contributed by atoms with Gasteiger partial charge in [-0.1, -0.05) is 26.7 Å². The summed E-state index contributed by atoms with van der Waals surface area (Å²) < 4.78 is 0.944. The highest BCUT2D eigenvalue weighted by Crippen LogP contribution is 2.31. The van der Waals surface area contributed by atoms with Crippen LogP contribution in [0, 0.1) is 18.8 Å². The van der Waals surface area contributed by atoms with Crippen LogP contribution in [0.5, 0.6) is 0 Å². The second-order valence-electron chi connectivity index (χ2n) is 6.34. The van der Waals surface area contributed by atoms with Crippen molar-refractivity contribution in [2.75, 3.05) is 5.32 Å². The van der Waals surface area contributed by atoms with Gasteiger partial charge in [0.05, 0.1) is 11.9 Å². The van der Waals surface area contributed by atoms with E-state index in [4.69, 9.17) is 0 Å². The van der Waals surface area contributed by atoms with Crippen molar-refractivity contribution in [2.45, 2.75) is 58.9 Å². The average molecular weight is 325 g/mol. The van der Waals surface area contributed by atoms with Crippen molar-refractivity contribution >= 4 is 21.6 Å². The molecule has 0 spiro atoms. The van der Waals surface area contributed by atoms with Gasteiger partial charge in [-0.3, -0.25) is 0 Å². The molecule has 1 aliphatic rings. The molecular formula is C16H25BrN2. The Balaban J connectivity index is 1.92. The van der Waals surface area contributed by atoms with Gasteiger partial charge in [0, 0.05) is 6.04 Å². The maximum atomic E-state index is 4.37. The Morgan fingerprint density at radius 3 is 2.89 bits per heavy atom. The zero-order chi connectivity index (χ0) is 13.8. The minimum Gasteiger partial charge on any atom is -0.381 e. The number of halogens is 1. The Bertz CT molecular complexity index is 417. The van der Waals surface area contributed by atoms with Crippen LogP contribution < -0.4 is 5.32 Å². The van der Waals surface area contributed by atoms with Gasteiger partial charge in [0.1, 0.15) is 4.60 Å². The molecule has 0 saturated heterocycles. The van der Waals surface area contributed by atoms with E-state index in [-0.39, 0.29) is 0 Å². The maximum Gasteiger partial charge on any atom is 0.109 e. The first-order chi connectivity index (χ1) is 9.04. The molecule has 0 amide bonds. The van der Waals surface area contributed by atoms with E-state index in [9.17, 15) is 0 Å². The lowest BCUT2D eigenvalue weighted by atomic mass is 9.81. The van der Waals surface area contributed by atoms with E-state index in [1.54, 1.807) is 0 Å². The lowest BCUT2D eigenvalue weighted by Gasteiger charge is -2.31. The van der Waals surface area contributed by atoms with E-state index in [2.05, 4.69) is 53.1 Å². The molecule has 1 fully saturated rings. The molecule has 1 aliphatic carbocycles. The Kier molecular flexibility index (Phi) is 5.26. The number of aryl methyl sites for hydroxylation is 1. The smallest absolute Gasteiger partial charge is 0.109 e. The Hall–Kier alpha value is -0.570. The zero-order valence-electron chi connectivity index (χ0n) is 12.2. The molecule has 2 unspecified atom stereocenters. The number of anilines is 1. The van der Waals surface area contributed by atoms with E-state index in [1.165, 1.54) is 37.7 Å². The molecule has 1 aromatic heterocycles. The van der Waals surface area contributed by atoms with Crippen molar-refractivity contribution in [1.29, 1.82) is 0 Å². The predicted molar refractivity (Wildman–Crippen MR) is 85.5 cm³/mol. The summed E-state index contributed by atoms with van der Waals surface area (Å²) >= 11 is 3.45. The SMILES string of the molecule is Cc1cc(NC2CCCC(CC(C)C)C2)cnc1Br. The van der Waals surface area contributed by atoms with Gasteiger partial charge in [-0.05, 0) is 65.6 Å². The fraction of sp³-hybridized carbons (Fsp3) is 0.688. The quantitative estimate of drug-likeness (QED) is 0.773. The fourth-order valence-electron chi connectivity index (χ4n) is 3.18. The topological polar surface area (TPSA) is 24.9 Å². The van der Waals surface area contributed by atoms with Crippen molar-refractivity contribution in [3.63, 3.8) is 0 Å². The highest BCUT2D eigenvalue weighted by molar-refractivity contribution is 9.10. The molecule has 3 heteroatoms. The molecule has 0 aliphatic heterocycles. The van der Waals surface area contributed by atoms with Crippen LogP contribution in [0.15, 0.2) is 16.9 Å². The maximum absolute atomic E-state index is 4.37. The lowest BCUT2D eigenvalue weighted by Crippen LogP contribution is -2.28. The molecule has 1 heterocycles. The van der Waals surface area contributed by atoms with Crippen LogP contribution >= 0.6 is 15.9 Å². The molecular weight excluding hydrogens is 300 g/mol. The van der Waals surface area contributed by atoms with E-state index >= 15 is 0 Å². The molecule has 2 rings (SSSR count). The first kappa shape index (κ1) is 14.8. The third-order valence-corrected chi connectivity index (χ3v) is 4.80. The molecule has 106 valence electrons. The summed E-state index contributed by atoms with van der Waals surface area (Å²) in [5.74, 6) is 1.72. The summed E-state index contributed by atoms with van der Waals surface area (Å²) in [6.45, 7) is 6.75. The van der Waals surface area contributed by atoms with Crippen LogP contribution in [0.3, 0.4) is 0 Å². The number of rotatable bonds is 4. The molecule has 0 bridgehead atoms. The summed E-state index contributed by atoms with van der Waals surface area (Å²) in [5, 5.41) is 3.67. The highest BCUT2D eigenvalue weighted by Gasteiger charge is 2.22. The van der Waals surface area contributed by atoms with Gasteiger partial charge in [0.2, 0.25) is 0 Å². The number of hydrogen-bond donors (Lipinski definition) is 1. The Labute approximate surface area is 125 Å². The molecule has 0 aromatic carbocycles. The summed E-state index contributed by atoms with van der Waals surface area (Å²) in [7, 11) is 0. The van der Waals surface area contributed by atoms with Crippen molar-refractivity contribution < 1.29 is 0 Å². The minimum absolute atomic E-state index is 0.625. The number of nitrogens with zero attached hydrogens (tertiary/aromatic N) is 1. The number of pyridine rings is 1. The van der Waals surface area contributed by atoms with E-state index in [0.29, 0.717) is 6.04 Å². The van der Waals surface area contributed by atoms with Crippen LogP contribution in [0.2, 0.25) is 0 Å². The standard InChI is InChI=1S/C16H25BrN2/c1-11(2)7-13-5-4-6-14(9-13)19-15-8-12(3)16(17)18-10-15/h8,10-11,13-14,19H,4-7,9H2,1-3H3. The van der Waals surface area contributed by atoms with Crippen LogP contribution in [-0.4, -0.2) is 11.0 Å². The second-order valence-corrected chi connectivity index (χ2v) is 7.09. The third kappa shape index (κ3) is 4.48. The normalized spacial score (nSPS) is 23.6. The highest BCUT2D eigenvalue weighted by atomic mass is 79.9. The van der Waals surface area contributed by atoms with Crippen LogP contribution in [0.4, 0.5) is 5.69 Å². The van der Waals surface area contributed by atoms with E-state index < -0.39 is 0 Å². The van der Waals surface area contributed by atoms with Crippen molar-refractivity contribution in [1.82, 2.24) is 4.98 Å². The zero-order valence-corrected chi connectivity index (χ0v) is 13.8. The molecule has 1 N–H and O–H groups in total. The van der Waals surface area contributed by atoms with E-state index in [0.717, 1.165) is 22.1 Å². The third-order valence-electron chi connectivity index (χ3n) is 3.97. The van der Waals surface area contributed by atoms with Crippen molar-refractivity contribution in [3.05, 3.63) is 22.4 Å². The molecule has 19 heavy (non-hydrogen) atoms. The minimum atomic E-state index is 0.625. The van der Waals surface area contributed by atoms with E-state index in [1.807, 2.05) is 6.20 Å². The number of hydrogen-bond acceptors (Lipinski definition) is 2. The Morgan fingerprint density at radius 1 is 1.42 bits per heavy atom. The van der Waals surface area contributed by atoms with Crippen LogP contribution in [0.25, 0.3) is 0 Å². The summed E-state index contributed by atoms with van der Waals surface area (Å²) in [6, 6.07) is 2.81. The van der Waals surface area contributed by atoms with Crippen LogP contribution in [0.1, 0.15) is 51.5 Å². The number of aromatic nitrogens is 1. The molecule has 0 radical (unpaired) electrons. The van der Waals surface area contributed by atoms with Crippen molar-refractivity contribution in [2.24, 2.45) is 11.8 Å². The molecule has 2 nitrogen and oxygen atoms in total. The molecule has 1 saturated carbocycles. The summed E-state index contributed by atoms with van der Waals surface area (Å²) in [4.78, 5) is 4.37. The molecule has 2 atom stereocenters. The summed E-state index contributed by atoms with van der Waals surface area (Å²) in [6.07, 6.45) is 8.68. The lowest BCUT2D eigenvalue weighted by molar-refractivity contribution is 0.289. The number of nitrogens with one attached hydrogen (secondary N) is 1. The average Bonchev–Trinajstić information content (AvgIpc) is 2.33. The van der Waals surface area contributed by atoms with Gasteiger partial charge < -0.3 is 5.32 Å². The first-order valence-corrected chi connectivity index (χ1v) is 8.22. The first-order valence-electron chi connectivity index (χ1n) is 7.43. The second kappa shape index (κ2) is 6.74. The van der Waals surface area contributed by atoms with Gasteiger partial charge >= 0.3 is 0 Å². The predicted octanol–water partition coefficient (Wildman–Crippen LogP) is 5.17. The van der Waals surface area contributed by atoms with Crippen LogP contribution in [-0.2, 0) is 0 Å². The Morgan fingerprint density at radius 2 is 2.21 bits per heavy atom. The van der Waals surface area contributed by atoms with Gasteiger partial charge in [-0.25, -0.2) is 4.98 Å².